The first-order chi connectivity index (χ1) is 12.2. The van der Waals surface area contributed by atoms with Crippen LogP contribution in [-0.4, -0.2) is 25.7 Å². The fraction of sp³-hybridized carbons (Fsp3) is 0.176. The van der Waals surface area contributed by atoms with Gasteiger partial charge in [-0.15, -0.1) is 10.2 Å². The van der Waals surface area contributed by atoms with Gasteiger partial charge in [0.15, 0.2) is 5.16 Å². The Morgan fingerprint density at radius 2 is 1.96 bits per heavy atom. The SMILES string of the molecule is CCn1c(NC(=O)c2ccncc2)nnc1SCc1ccccc1Cl. The van der Waals surface area contributed by atoms with Crippen molar-refractivity contribution in [3.05, 3.63) is 64.9 Å². The molecule has 3 rings (SSSR count). The Hall–Kier alpha value is -2.38. The van der Waals surface area contributed by atoms with E-state index in [0.717, 1.165) is 15.7 Å². The lowest BCUT2D eigenvalue weighted by Gasteiger charge is -2.08. The largest absolute Gasteiger partial charge is 0.290 e. The number of thioether (sulfide) groups is 1. The summed E-state index contributed by atoms with van der Waals surface area (Å²) in [6.07, 6.45) is 3.15. The second-order valence-electron chi connectivity index (χ2n) is 5.12. The Morgan fingerprint density at radius 1 is 1.20 bits per heavy atom. The van der Waals surface area contributed by atoms with E-state index in [1.54, 1.807) is 24.5 Å². The molecule has 0 bridgehead atoms. The molecule has 1 amide bonds. The van der Waals surface area contributed by atoms with Crippen molar-refractivity contribution in [1.82, 2.24) is 19.7 Å². The van der Waals surface area contributed by atoms with Gasteiger partial charge in [-0.2, -0.15) is 0 Å². The first-order valence-corrected chi connectivity index (χ1v) is 9.06. The fourth-order valence-corrected chi connectivity index (χ4v) is 3.50. The maximum atomic E-state index is 12.3. The van der Waals surface area contributed by atoms with E-state index in [4.69, 9.17) is 11.6 Å². The van der Waals surface area contributed by atoms with E-state index in [1.807, 2.05) is 35.8 Å². The Kier molecular flexibility index (Phi) is 5.67. The number of benzene rings is 1. The van der Waals surface area contributed by atoms with Gasteiger partial charge in [0.05, 0.1) is 0 Å². The van der Waals surface area contributed by atoms with E-state index in [-0.39, 0.29) is 5.91 Å². The summed E-state index contributed by atoms with van der Waals surface area (Å²) in [5.41, 5.74) is 1.55. The molecule has 0 fully saturated rings. The van der Waals surface area contributed by atoms with Gasteiger partial charge in [0, 0.05) is 35.3 Å². The molecule has 2 heterocycles. The normalized spacial score (nSPS) is 10.6. The molecule has 1 N–H and O–H groups in total. The van der Waals surface area contributed by atoms with Crippen LogP contribution < -0.4 is 5.32 Å². The van der Waals surface area contributed by atoms with E-state index in [1.165, 1.54) is 11.8 Å². The van der Waals surface area contributed by atoms with Crippen molar-refractivity contribution in [2.75, 3.05) is 5.32 Å². The molecule has 0 radical (unpaired) electrons. The summed E-state index contributed by atoms with van der Waals surface area (Å²) < 4.78 is 1.86. The summed E-state index contributed by atoms with van der Waals surface area (Å²) in [5, 5.41) is 12.5. The summed E-state index contributed by atoms with van der Waals surface area (Å²) in [7, 11) is 0. The van der Waals surface area contributed by atoms with Crippen molar-refractivity contribution in [3.63, 3.8) is 0 Å². The summed E-state index contributed by atoms with van der Waals surface area (Å²) in [6, 6.07) is 11.0. The molecule has 8 heteroatoms. The molecule has 0 saturated carbocycles. The maximum Gasteiger partial charge on any atom is 0.258 e. The number of carbonyl (C=O) groups is 1. The number of rotatable bonds is 6. The van der Waals surface area contributed by atoms with Crippen LogP contribution in [0.1, 0.15) is 22.8 Å². The second-order valence-corrected chi connectivity index (χ2v) is 6.47. The summed E-state index contributed by atoms with van der Waals surface area (Å²) in [4.78, 5) is 16.2. The molecule has 128 valence electrons. The van der Waals surface area contributed by atoms with Crippen LogP contribution in [-0.2, 0) is 12.3 Å². The summed E-state index contributed by atoms with van der Waals surface area (Å²) >= 11 is 7.71. The van der Waals surface area contributed by atoms with Gasteiger partial charge in [-0.05, 0) is 30.7 Å². The molecule has 0 spiro atoms. The van der Waals surface area contributed by atoms with Gasteiger partial charge >= 0.3 is 0 Å². The van der Waals surface area contributed by atoms with Gasteiger partial charge in [0.2, 0.25) is 5.95 Å². The van der Waals surface area contributed by atoms with Crippen molar-refractivity contribution >= 4 is 35.2 Å². The quantitative estimate of drug-likeness (QED) is 0.663. The van der Waals surface area contributed by atoms with Gasteiger partial charge in [0.25, 0.3) is 5.91 Å². The molecule has 0 saturated heterocycles. The first-order valence-electron chi connectivity index (χ1n) is 7.69. The van der Waals surface area contributed by atoms with Crippen LogP contribution >= 0.6 is 23.4 Å². The minimum atomic E-state index is -0.243. The zero-order chi connectivity index (χ0) is 17.6. The van der Waals surface area contributed by atoms with Gasteiger partial charge in [0.1, 0.15) is 0 Å². The molecular weight excluding hydrogens is 358 g/mol. The van der Waals surface area contributed by atoms with E-state index in [0.29, 0.717) is 23.8 Å². The number of carbonyl (C=O) groups excluding carboxylic acids is 1. The molecule has 0 atom stereocenters. The van der Waals surface area contributed by atoms with Crippen LogP contribution in [0, 0.1) is 0 Å². The first kappa shape index (κ1) is 17.4. The maximum absolute atomic E-state index is 12.3. The van der Waals surface area contributed by atoms with E-state index in [2.05, 4.69) is 20.5 Å². The van der Waals surface area contributed by atoms with Gasteiger partial charge in [-0.25, -0.2) is 0 Å². The number of aromatic nitrogens is 4. The lowest BCUT2D eigenvalue weighted by molar-refractivity contribution is 0.102. The average Bonchev–Trinajstić information content (AvgIpc) is 3.03. The van der Waals surface area contributed by atoms with Crippen LogP contribution in [0.4, 0.5) is 5.95 Å². The zero-order valence-corrected chi connectivity index (χ0v) is 15.1. The molecule has 3 aromatic rings. The Morgan fingerprint density at radius 3 is 2.68 bits per heavy atom. The van der Waals surface area contributed by atoms with Crippen molar-refractivity contribution in [2.24, 2.45) is 0 Å². The highest BCUT2D eigenvalue weighted by Gasteiger charge is 2.15. The average molecular weight is 374 g/mol. The molecule has 0 aliphatic carbocycles. The van der Waals surface area contributed by atoms with Crippen molar-refractivity contribution in [3.8, 4) is 0 Å². The van der Waals surface area contributed by atoms with E-state index < -0.39 is 0 Å². The highest BCUT2D eigenvalue weighted by atomic mass is 35.5. The predicted octanol–water partition coefficient (Wildman–Crippen LogP) is 3.89. The number of hydrogen-bond donors (Lipinski definition) is 1. The number of hydrogen-bond acceptors (Lipinski definition) is 5. The molecule has 6 nitrogen and oxygen atoms in total. The zero-order valence-electron chi connectivity index (χ0n) is 13.5. The van der Waals surface area contributed by atoms with Gasteiger partial charge < -0.3 is 0 Å². The summed E-state index contributed by atoms with van der Waals surface area (Å²) in [5.74, 6) is 0.856. The third-order valence-electron chi connectivity index (χ3n) is 3.52. The number of nitrogens with one attached hydrogen (secondary N) is 1. The molecule has 0 aliphatic rings. The Labute approximate surface area is 154 Å². The molecule has 2 aromatic heterocycles. The third-order valence-corrected chi connectivity index (χ3v) is 4.90. The lowest BCUT2D eigenvalue weighted by Crippen LogP contribution is -2.16. The molecular formula is C17H16ClN5OS. The van der Waals surface area contributed by atoms with Crippen LogP contribution in [0.15, 0.2) is 53.9 Å². The van der Waals surface area contributed by atoms with E-state index in [9.17, 15) is 4.79 Å². The monoisotopic (exact) mass is 373 g/mol. The smallest absolute Gasteiger partial charge is 0.258 e. The fourth-order valence-electron chi connectivity index (χ4n) is 2.21. The topological polar surface area (TPSA) is 72.7 Å². The Bertz CT molecular complexity index is 868. The molecule has 0 unspecified atom stereocenters. The highest BCUT2D eigenvalue weighted by Crippen LogP contribution is 2.27. The second kappa shape index (κ2) is 8.13. The lowest BCUT2D eigenvalue weighted by atomic mass is 10.2. The van der Waals surface area contributed by atoms with Crippen LogP contribution in [0.2, 0.25) is 5.02 Å². The van der Waals surface area contributed by atoms with Crippen LogP contribution in [0.25, 0.3) is 0 Å². The highest BCUT2D eigenvalue weighted by molar-refractivity contribution is 7.98. The van der Waals surface area contributed by atoms with Crippen molar-refractivity contribution in [2.45, 2.75) is 24.4 Å². The third kappa shape index (κ3) is 4.18. The molecule has 25 heavy (non-hydrogen) atoms. The van der Waals surface area contributed by atoms with Gasteiger partial charge in [-0.3, -0.25) is 19.7 Å². The number of amides is 1. The Balaban J connectivity index is 1.73. The number of pyridine rings is 1. The molecule has 0 aliphatic heterocycles. The number of halogens is 1. The van der Waals surface area contributed by atoms with Crippen molar-refractivity contribution in [1.29, 1.82) is 0 Å². The van der Waals surface area contributed by atoms with Gasteiger partial charge in [-0.1, -0.05) is 41.6 Å². The number of anilines is 1. The summed E-state index contributed by atoms with van der Waals surface area (Å²) in [6.45, 7) is 2.62. The van der Waals surface area contributed by atoms with Crippen LogP contribution in [0.3, 0.4) is 0 Å². The van der Waals surface area contributed by atoms with Crippen LogP contribution in [0.5, 0.6) is 0 Å². The standard InChI is InChI=1S/C17H16ClN5OS/c1-2-23-16(20-15(24)12-7-9-19-10-8-12)21-22-17(23)25-11-13-5-3-4-6-14(13)18/h3-10H,2,11H2,1H3,(H,20,21,24). The predicted molar refractivity (Wildman–Crippen MR) is 98.9 cm³/mol. The minimum absolute atomic E-state index is 0.243. The van der Waals surface area contributed by atoms with Crippen molar-refractivity contribution < 1.29 is 4.79 Å². The molecule has 1 aromatic carbocycles. The van der Waals surface area contributed by atoms with E-state index >= 15 is 0 Å². The minimum Gasteiger partial charge on any atom is -0.290 e. The number of nitrogens with zero attached hydrogens (tertiary/aromatic N) is 4.